The Kier molecular flexibility index (Phi) is 4.31. The number of nitrogens with one attached hydrogen (secondary N) is 1. The summed E-state index contributed by atoms with van der Waals surface area (Å²) in [5.74, 6) is 0. The topological polar surface area (TPSA) is 35.8 Å². The highest BCUT2D eigenvalue weighted by molar-refractivity contribution is 6.32. The number of halogens is 5. The van der Waals surface area contributed by atoms with Gasteiger partial charge in [-0.25, -0.2) is 0 Å². The molecule has 0 spiro atoms. The van der Waals surface area contributed by atoms with Gasteiger partial charge >= 0.3 is 6.18 Å². The molecular formula is C14H7Cl2F3N2. The van der Waals surface area contributed by atoms with Crippen LogP contribution in [0.1, 0.15) is 11.1 Å². The van der Waals surface area contributed by atoms with Crippen LogP contribution in [0.2, 0.25) is 10.0 Å². The number of nitriles is 1. The molecule has 0 atom stereocenters. The van der Waals surface area contributed by atoms with E-state index in [-0.39, 0.29) is 21.3 Å². The first-order valence-corrected chi connectivity index (χ1v) is 6.40. The molecule has 108 valence electrons. The molecule has 0 aliphatic rings. The van der Waals surface area contributed by atoms with Crippen molar-refractivity contribution >= 4 is 34.6 Å². The number of nitrogens with zero attached hydrogens (tertiary/aromatic N) is 1. The van der Waals surface area contributed by atoms with Gasteiger partial charge in [0, 0.05) is 10.7 Å². The average Bonchev–Trinajstić information content (AvgIpc) is 2.40. The van der Waals surface area contributed by atoms with E-state index >= 15 is 0 Å². The molecule has 0 amide bonds. The summed E-state index contributed by atoms with van der Waals surface area (Å²) in [6, 6.07) is 9.58. The SMILES string of the molecule is N#Cc1ccc(Nc2ccc(Cl)cc2C(F)(F)F)cc1Cl. The Morgan fingerprint density at radius 2 is 1.76 bits per heavy atom. The smallest absolute Gasteiger partial charge is 0.355 e. The molecule has 2 aromatic rings. The summed E-state index contributed by atoms with van der Waals surface area (Å²) in [7, 11) is 0. The summed E-state index contributed by atoms with van der Waals surface area (Å²) in [6.45, 7) is 0. The molecule has 0 radical (unpaired) electrons. The predicted octanol–water partition coefficient (Wildman–Crippen LogP) is 5.63. The van der Waals surface area contributed by atoms with Crippen LogP contribution >= 0.6 is 23.2 Å². The maximum absolute atomic E-state index is 13.0. The number of hydrogen-bond acceptors (Lipinski definition) is 2. The third-order valence-corrected chi connectivity index (χ3v) is 3.20. The number of benzene rings is 2. The third kappa shape index (κ3) is 3.60. The first kappa shape index (κ1) is 15.5. The Balaban J connectivity index is 2.41. The molecule has 1 N–H and O–H groups in total. The zero-order chi connectivity index (χ0) is 15.6. The lowest BCUT2D eigenvalue weighted by atomic mass is 10.1. The van der Waals surface area contributed by atoms with Crippen LogP contribution < -0.4 is 5.32 Å². The van der Waals surface area contributed by atoms with Gasteiger partial charge in [-0.3, -0.25) is 0 Å². The second kappa shape index (κ2) is 5.84. The standard InChI is InChI=1S/C14H7Cl2F3N2/c15-9-2-4-13(11(5-9)14(17,18)19)21-10-3-1-8(7-20)12(16)6-10/h1-6,21H. The van der Waals surface area contributed by atoms with E-state index < -0.39 is 11.7 Å². The van der Waals surface area contributed by atoms with Gasteiger partial charge in [0.1, 0.15) is 6.07 Å². The van der Waals surface area contributed by atoms with Crippen LogP contribution in [0.5, 0.6) is 0 Å². The van der Waals surface area contributed by atoms with Gasteiger partial charge in [-0.2, -0.15) is 18.4 Å². The van der Waals surface area contributed by atoms with Gasteiger partial charge in [-0.05, 0) is 36.4 Å². The fraction of sp³-hybridized carbons (Fsp3) is 0.0714. The monoisotopic (exact) mass is 330 g/mol. The van der Waals surface area contributed by atoms with Crippen molar-refractivity contribution in [2.75, 3.05) is 5.32 Å². The quantitative estimate of drug-likeness (QED) is 0.774. The zero-order valence-corrected chi connectivity index (χ0v) is 11.8. The summed E-state index contributed by atoms with van der Waals surface area (Å²) < 4.78 is 38.9. The Hall–Kier alpha value is -1.90. The molecule has 2 nitrogen and oxygen atoms in total. The summed E-state index contributed by atoms with van der Waals surface area (Å²) in [5.41, 5.74) is -0.440. The van der Waals surface area contributed by atoms with Crippen LogP contribution in [0.25, 0.3) is 0 Å². The molecular weight excluding hydrogens is 324 g/mol. The molecule has 0 bridgehead atoms. The minimum absolute atomic E-state index is 0.00858. The van der Waals surface area contributed by atoms with Gasteiger partial charge < -0.3 is 5.32 Å². The highest BCUT2D eigenvalue weighted by Crippen LogP contribution is 2.38. The Labute approximate surface area is 128 Å². The average molecular weight is 331 g/mol. The largest absolute Gasteiger partial charge is 0.418 e. The summed E-state index contributed by atoms with van der Waals surface area (Å²) in [6.07, 6.45) is -4.54. The van der Waals surface area contributed by atoms with Crippen molar-refractivity contribution in [2.45, 2.75) is 6.18 Å². The molecule has 2 aromatic carbocycles. The maximum Gasteiger partial charge on any atom is 0.418 e. The number of hydrogen-bond donors (Lipinski definition) is 1. The molecule has 0 fully saturated rings. The Morgan fingerprint density at radius 3 is 2.33 bits per heavy atom. The van der Waals surface area contributed by atoms with Crippen molar-refractivity contribution in [2.24, 2.45) is 0 Å². The fourth-order valence-electron chi connectivity index (χ4n) is 1.70. The Bertz CT molecular complexity index is 721. The maximum atomic E-state index is 13.0. The molecule has 2 rings (SSSR count). The highest BCUT2D eigenvalue weighted by Gasteiger charge is 2.33. The van der Waals surface area contributed by atoms with E-state index in [0.717, 1.165) is 6.07 Å². The lowest BCUT2D eigenvalue weighted by Gasteiger charge is -2.15. The normalized spacial score (nSPS) is 11.0. The van der Waals surface area contributed by atoms with Gasteiger partial charge in [-0.15, -0.1) is 0 Å². The van der Waals surface area contributed by atoms with E-state index in [2.05, 4.69) is 5.32 Å². The van der Waals surface area contributed by atoms with E-state index in [0.29, 0.717) is 5.69 Å². The first-order chi connectivity index (χ1) is 9.81. The molecule has 0 unspecified atom stereocenters. The number of anilines is 2. The molecule has 0 heterocycles. The molecule has 7 heteroatoms. The van der Waals surface area contributed by atoms with Crippen molar-refractivity contribution < 1.29 is 13.2 Å². The summed E-state index contributed by atoms with van der Waals surface area (Å²) in [5, 5.41) is 11.5. The van der Waals surface area contributed by atoms with E-state index in [1.165, 1.54) is 30.3 Å². The van der Waals surface area contributed by atoms with Crippen LogP contribution in [-0.4, -0.2) is 0 Å². The first-order valence-electron chi connectivity index (χ1n) is 5.64. The molecule has 0 aliphatic carbocycles. The van der Waals surface area contributed by atoms with Crippen LogP contribution in [0.3, 0.4) is 0 Å². The van der Waals surface area contributed by atoms with Gasteiger partial charge in [0.15, 0.2) is 0 Å². The van der Waals surface area contributed by atoms with Gasteiger partial charge in [-0.1, -0.05) is 23.2 Å². The van der Waals surface area contributed by atoms with Crippen molar-refractivity contribution in [3.8, 4) is 6.07 Å². The minimum Gasteiger partial charge on any atom is -0.355 e. The van der Waals surface area contributed by atoms with Gasteiger partial charge in [0.2, 0.25) is 0 Å². The van der Waals surface area contributed by atoms with Crippen LogP contribution in [-0.2, 0) is 6.18 Å². The Morgan fingerprint density at radius 1 is 1.05 bits per heavy atom. The summed E-state index contributed by atoms with van der Waals surface area (Å²) >= 11 is 11.5. The summed E-state index contributed by atoms with van der Waals surface area (Å²) in [4.78, 5) is 0. The van der Waals surface area contributed by atoms with Crippen LogP contribution in [0.4, 0.5) is 24.5 Å². The molecule has 0 saturated carbocycles. The van der Waals surface area contributed by atoms with Crippen molar-refractivity contribution in [3.63, 3.8) is 0 Å². The highest BCUT2D eigenvalue weighted by atomic mass is 35.5. The molecule has 21 heavy (non-hydrogen) atoms. The van der Waals surface area contributed by atoms with Crippen molar-refractivity contribution in [3.05, 3.63) is 57.6 Å². The lowest BCUT2D eigenvalue weighted by molar-refractivity contribution is -0.136. The molecule has 0 saturated heterocycles. The second-order valence-corrected chi connectivity index (χ2v) is 4.96. The van der Waals surface area contributed by atoms with Crippen LogP contribution in [0.15, 0.2) is 36.4 Å². The predicted molar refractivity (Wildman–Crippen MR) is 75.9 cm³/mol. The minimum atomic E-state index is -4.54. The van der Waals surface area contributed by atoms with E-state index in [1.54, 1.807) is 0 Å². The number of rotatable bonds is 2. The third-order valence-electron chi connectivity index (χ3n) is 2.66. The van der Waals surface area contributed by atoms with Crippen LogP contribution in [0, 0.1) is 11.3 Å². The lowest BCUT2D eigenvalue weighted by Crippen LogP contribution is -2.08. The van der Waals surface area contributed by atoms with E-state index in [1.807, 2.05) is 6.07 Å². The molecule has 0 aliphatic heterocycles. The van der Waals surface area contributed by atoms with Crippen molar-refractivity contribution in [1.82, 2.24) is 0 Å². The van der Waals surface area contributed by atoms with Gasteiger partial charge in [0.05, 0.1) is 21.8 Å². The zero-order valence-electron chi connectivity index (χ0n) is 10.3. The number of alkyl halides is 3. The fourth-order valence-corrected chi connectivity index (χ4v) is 2.09. The molecule has 0 aromatic heterocycles. The van der Waals surface area contributed by atoms with Gasteiger partial charge in [0.25, 0.3) is 0 Å². The second-order valence-electron chi connectivity index (χ2n) is 4.12. The van der Waals surface area contributed by atoms with E-state index in [9.17, 15) is 13.2 Å². The van der Waals surface area contributed by atoms with Crippen molar-refractivity contribution in [1.29, 1.82) is 5.26 Å². The van der Waals surface area contributed by atoms with E-state index in [4.69, 9.17) is 28.5 Å².